The number of hydrogen-bond donors (Lipinski definition) is 1. The average Bonchev–Trinajstić information content (AvgIpc) is 3.16. The van der Waals surface area contributed by atoms with Gasteiger partial charge in [0.15, 0.2) is 10.7 Å². The van der Waals surface area contributed by atoms with E-state index in [2.05, 4.69) is 16.0 Å². The molecule has 23 heavy (non-hydrogen) atoms. The number of aromatic nitrogens is 2. The number of carbonyl (C=O) groups excluding carboxylic acids is 1. The lowest BCUT2D eigenvalue weighted by Gasteiger charge is -2.09. The predicted octanol–water partition coefficient (Wildman–Crippen LogP) is 2.88. The number of nitrogens with zero attached hydrogens (tertiary/aromatic N) is 3. The Morgan fingerprint density at radius 1 is 1.43 bits per heavy atom. The summed E-state index contributed by atoms with van der Waals surface area (Å²) < 4.78 is 39.4. The molecule has 0 aromatic carbocycles. The van der Waals surface area contributed by atoms with E-state index in [9.17, 15) is 23.2 Å². The van der Waals surface area contributed by atoms with Gasteiger partial charge in [0.2, 0.25) is 0 Å². The van der Waals surface area contributed by atoms with Crippen LogP contribution in [-0.4, -0.2) is 15.9 Å². The molecule has 0 aliphatic heterocycles. The molecule has 0 spiro atoms. The Labute approximate surface area is 132 Å². The van der Waals surface area contributed by atoms with Gasteiger partial charge in [-0.2, -0.15) is 18.4 Å². The third-order valence-electron chi connectivity index (χ3n) is 3.58. The zero-order valence-electron chi connectivity index (χ0n) is 11.5. The van der Waals surface area contributed by atoms with Crippen molar-refractivity contribution < 1.29 is 18.0 Å². The SMILES string of the molecule is N#CC1(c2cc(-c3sc(C(N)=O)nc3C(F)(F)F)ccn2)CC1. The molecule has 1 aliphatic carbocycles. The van der Waals surface area contributed by atoms with Gasteiger partial charge in [0.05, 0.1) is 22.1 Å². The number of rotatable bonds is 3. The highest BCUT2D eigenvalue weighted by molar-refractivity contribution is 7.17. The van der Waals surface area contributed by atoms with Crippen LogP contribution in [0.2, 0.25) is 0 Å². The predicted molar refractivity (Wildman–Crippen MR) is 75.4 cm³/mol. The maximum Gasteiger partial charge on any atom is 0.434 e. The van der Waals surface area contributed by atoms with Crippen LogP contribution < -0.4 is 5.73 Å². The minimum absolute atomic E-state index is 0.205. The summed E-state index contributed by atoms with van der Waals surface area (Å²) in [6.45, 7) is 0. The molecule has 1 aliphatic rings. The summed E-state index contributed by atoms with van der Waals surface area (Å²) >= 11 is 0.579. The third-order valence-corrected chi connectivity index (χ3v) is 4.70. The zero-order chi connectivity index (χ0) is 16.8. The van der Waals surface area contributed by atoms with Gasteiger partial charge in [-0.1, -0.05) is 0 Å². The van der Waals surface area contributed by atoms with Crippen molar-refractivity contribution in [3.63, 3.8) is 0 Å². The molecule has 0 saturated heterocycles. The number of amides is 1. The first-order valence-corrected chi connectivity index (χ1v) is 7.34. The molecule has 1 saturated carbocycles. The zero-order valence-corrected chi connectivity index (χ0v) is 12.3. The average molecular weight is 338 g/mol. The van der Waals surface area contributed by atoms with Gasteiger partial charge < -0.3 is 5.73 Å². The van der Waals surface area contributed by atoms with E-state index in [0.717, 1.165) is 0 Å². The van der Waals surface area contributed by atoms with Crippen molar-refractivity contribution in [3.8, 4) is 16.5 Å². The maximum atomic E-state index is 13.1. The Morgan fingerprint density at radius 3 is 2.65 bits per heavy atom. The standard InChI is InChI=1S/C14H9F3N4OS/c15-14(16,17)10-9(23-12(21-10)11(19)22)7-1-4-20-8(5-7)13(6-18)2-3-13/h1,4-5H,2-3H2,(H2,19,22). The van der Waals surface area contributed by atoms with E-state index in [1.807, 2.05) is 0 Å². The Kier molecular flexibility index (Phi) is 3.37. The van der Waals surface area contributed by atoms with Crippen LogP contribution in [0.25, 0.3) is 10.4 Å². The van der Waals surface area contributed by atoms with Gasteiger partial charge in [0.1, 0.15) is 0 Å². The second kappa shape index (κ2) is 5.03. The molecule has 3 rings (SSSR count). The number of hydrogen-bond acceptors (Lipinski definition) is 5. The topological polar surface area (TPSA) is 92.7 Å². The number of pyridine rings is 1. The van der Waals surface area contributed by atoms with Crippen LogP contribution >= 0.6 is 11.3 Å². The van der Waals surface area contributed by atoms with E-state index in [4.69, 9.17) is 5.73 Å². The van der Waals surface area contributed by atoms with E-state index in [0.29, 0.717) is 29.9 Å². The molecule has 1 fully saturated rings. The van der Waals surface area contributed by atoms with Crippen molar-refractivity contribution in [1.29, 1.82) is 5.26 Å². The fourth-order valence-electron chi connectivity index (χ4n) is 2.20. The third kappa shape index (κ3) is 2.66. The second-order valence-electron chi connectivity index (χ2n) is 5.18. The summed E-state index contributed by atoms with van der Waals surface area (Å²) in [4.78, 5) is 18.4. The summed E-state index contributed by atoms with van der Waals surface area (Å²) in [5.41, 5.74) is 3.81. The molecule has 118 valence electrons. The number of thiazole rings is 1. The largest absolute Gasteiger partial charge is 0.434 e. The minimum Gasteiger partial charge on any atom is -0.364 e. The highest BCUT2D eigenvalue weighted by Crippen LogP contribution is 2.48. The van der Waals surface area contributed by atoms with Gasteiger partial charge in [-0.05, 0) is 30.5 Å². The lowest BCUT2D eigenvalue weighted by molar-refractivity contribution is -0.140. The Morgan fingerprint density at radius 2 is 2.13 bits per heavy atom. The monoisotopic (exact) mass is 338 g/mol. The van der Waals surface area contributed by atoms with Crippen molar-refractivity contribution in [3.05, 3.63) is 34.7 Å². The first kappa shape index (κ1) is 15.4. The van der Waals surface area contributed by atoms with Gasteiger partial charge >= 0.3 is 6.18 Å². The van der Waals surface area contributed by atoms with Crippen molar-refractivity contribution in [2.24, 2.45) is 5.73 Å². The Balaban J connectivity index is 2.14. The molecule has 9 heteroatoms. The molecule has 2 aromatic rings. The van der Waals surface area contributed by atoms with E-state index < -0.39 is 28.2 Å². The summed E-state index contributed by atoms with van der Waals surface area (Å²) in [6.07, 6.45) is -2.11. The summed E-state index contributed by atoms with van der Waals surface area (Å²) in [7, 11) is 0. The van der Waals surface area contributed by atoms with Crippen LogP contribution in [0.1, 0.15) is 34.0 Å². The second-order valence-corrected chi connectivity index (χ2v) is 6.18. The molecular weight excluding hydrogens is 329 g/mol. The van der Waals surface area contributed by atoms with Crippen LogP contribution in [0.4, 0.5) is 13.2 Å². The van der Waals surface area contributed by atoms with Crippen molar-refractivity contribution in [2.75, 3.05) is 0 Å². The van der Waals surface area contributed by atoms with Gasteiger partial charge in [-0.15, -0.1) is 11.3 Å². The van der Waals surface area contributed by atoms with Crippen LogP contribution in [0.15, 0.2) is 18.3 Å². The highest BCUT2D eigenvalue weighted by Gasteiger charge is 2.46. The number of halogens is 3. The van der Waals surface area contributed by atoms with Crippen LogP contribution in [0.3, 0.4) is 0 Å². The van der Waals surface area contributed by atoms with Crippen molar-refractivity contribution in [2.45, 2.75) is 24.4 Å². The minimum atomic E-state index is -4.71. The summed E-state index contributed by atoms with van der Waals surface area (Å²) in [5, 5.41) is 8.78. The van der Waals surface area contributed by atoms with Gasteiger partial charge in [0.25, 0.3) is 5.91 Å². The number of nitriles is 1. The fourth-order valence-corrected chi connectivity index (χ4v) is 3.13. The van der Waals surface area contributed by atoms with E-state index in [1.54, 1.807) is 0 Å². The number of nitrogens with two attached hydrogens (primary N) is 1. The molecule has 2 aromatic heterocycles. The fraction of sp³-hybridized carbons (Fsp3) is 0.286. The smallest absolute Gasteiger partial charge is 0.364 e. The molecule has 0 unspecified atom stereocenters. The van der Waals surface area contributed by atoms with Gasteiger partial charge in [-0.3, -0.25) is 9.78 Å². The quantitative estimate of drug-likeness (QED) is 0.931. The van der Waals surface area contributed by atoms with E-state index in [-0.39, 0.29) is 10.4 Å². The van der Waals surface area contributed by atoms with E-state index >= 15 is 0 Å². The molecule has 5 nitrogen and oxygen atoms in total. The highest BCUT2D eigenvalue weighted by atomic mass is 32.1. The van der Waals surface area contributed by atoms with Gasteiger partial charge in [0, 0.05) is 6.20 Å². The number of carbonyl (C=O) groups is 1. The molecule has 0 bridgehead atoms. The summed E-state index contributed by atoms with van der Waals surface area (Å²) in [6, 6.07) is 4.99. The molecule has 2 N–H and O–H groups in total. The lowest BCUT2D eigenvalue weighted by atomic mass is 10.0. The lowest BCUT2D eigenvalue weighted by Crippen LogP contribution is -2.12. The summed E-state index contributed by atoms with van der Waals surface area (Å²) in [5.74, 6) is -1.02. The van der Waals surface area contributed by atoms with Crippen molar-refractivity contribution in [1.82, 2.24) is 9.97 Å². The van der Waals surface area contributed by atoms with Crippen LogP contribution in [0, 0.1) is 11.3 Å². The number of alkyl halides is 3. The normalized spacial score (nSPS) is 15.9. The molecule has 0 radical (unpaired) electrons. The number of primary amides is 1. The molecular formula is C14H9F3N4OS. The molecule has 1 amide bonds. The maximum absolute atomic E-state index is 13.1. The van der Waals surface area contributed by atoms with Crippen LogP contribution in [0.5, 0.6) is 0 Å². The van der Waals surface area contributed by atoms with Crippen LogP contribution in [-0.2, 0) is 11.6 Å². The van der Waals surface area contributed by atoms with Gasteiger partial charge in [-0.25, -0.2) is 4.98 Å². The molecule has 2 heterocycles. The Bertz CT molecular complexity index is 833. The first-order valence-electron chi connectivity index (χ1n) is 6.53. The molecule has 0 atom stereocenters. The van der Waals surface area contributed by atoms with E-state index in [1.165, 1.54) is 18.3 Å². The van der Waals surface area contributed by atoms with Crippen molar-refractivity contribution >= 4 is 17.2 Å². The first-order chi connectivity index (χ1) is 10.8. The Hall–Kier alpha value is -2.47.